The van der Waals surface area contributed by atoms with Crippen LogP contribution >= 0.6 is 0 Å². The summed E-state index contributed by atoms with van der Waals surface area (Å²) in [6, 6.07) is 5.09. The predicted molar refractivity (Wildman–Crippen MR) is 54.2 cm³/mol. The van der Waals surface area contributed by atoms with E-state index >= 15 is 0 Å². The van der Waals surface area contributed by atoms with Gasteiger partial charge < -0.3 is 9.47 Å². The van der Waals surface area contributed by atoms with Crippen LogP contribution < -0.4 is 4.74 Å². The fraction of sp³-hybridized carbons (Fsp3) is 0.182. The van der Waals surface area contributed by atoms with Crippen molar-refractivity contribution in [3.8, 4) is 5.75 Å². The van der Waals surface area contributed by atoms with Crippen LogP contribution in [0.25, 0.3) is 6.08 Å². The average molecular weight is 246 g/mol. The van der Waals surface area contributed by atoms with Crippen LogP contribution in [0.4, 0.5) is 13.2 Å². The van der Waals surface area contributed by atoms with Gasteiger partial charge in [0.15, 0.2) is 0 Å². The lowest BCUT2D eigenvalue weighted by molar-refractivity contribution is -0.274. The first kappa shape index (κ1) is 13.1. The van der Waals surface area contributed by atoms with Crippen LogP contribution in [-0.2, 0) is 9.53 Å². The fourth-order valence-electron chi connectivity index (χ4n) is 1.01. The minimum absolute atomic E-state index is 0.312. The summed E-state index contributed by atoms with van der Waals surface area (Å²) in [6.07, 6.45) is -2.12. The van der Waals surface area contributed by atoms with Crippen molar-refractivity contribution in [1.29, 1.82) is 0 Å². The normalized spacial score (nSPS) is 11.5. The van der Waals surface area contributed by atoms with E-state index in [1.807, 2.05) is 0 Å². The van der Waals surface area contributed by atoms with Gasteiger partial charge in [-0.3, -0.25) is 0 Å². The molecule has 0 aromatic heterocycles. The van der Waals surface area contributed by atoms with E-state index in [0.29, 0.717) is 5.56 Å². The molecule has 0 bridgehead atoms. The molecule has 0 N–H and O–H groups in total. The lowest BCUT2D eigenvalue weighted by atomic mass is 10.2. The van der Waals surface area contributed by atoms with Gasteiger partial charge in [-0.2, -0.15) is 0 Å². The average Bonchev–Trinajstić information content (AvgIpc) is 2.25. The van der Waals surface area contributed by atoms with Crippen molar-refractivity contribution in [2.75, 3.05) is 7.11 Å². The van der Waals surface area contributed by atoms with Gasteiger partial charge in [0.1, 0.15) is 5.75 Å². The summed E-state index contributed by atoms with van der Waals surface area (Å²) in [5.74, 6) is -0.853. The molecule has 0 spiro atoms. The first-order chi connectivity index (χ1) is 7.90. The molecular formula is C11H9F3O3. The number of hydrogen-bond acceptors (Lipinski definition) is 3. The molecular weight excluding hydrogens is 237 g/mol. The predicted octanol–water partition coefficient (Wildman–Crippen LogP) is 2.77. The van der Waals surface area contributed by atoms with Crippen molar-refractivity contribution >= 4 is 12.0 Å². The lowest BCUT2D eigenvalue weighted by Gasteiger charge is -2.08. The van der Waals surface area contributed by atoms with E-state index in [-0.39, 0.29) is 5.75 Å². The van der Waals surface area contributed by atoms with Gasteiger partial charge in [0.05, 0.1) is 7.11 Å². The Bertz CT molecular complexity index is 407. The summed E-state index contributed by atoms with van der Waals surface area (Å²) in [7, 11) is 1.23. The van der Waals surface area contributed by atoms with Gasteiger partial charge in [0.25, 0.3) is 0 Å². The Hall–Kier alpha value is -1.98. The highest BCUT2D eigenvalue weighted by molar-refractivity contribution is 5.86. The highest BCUT2D eigenvalue weighted by atomic mass is 19.4. The van der Waals surface area contributed by atoms with Crippen molar-refractivity contribution in [1.82, 2.24) is 0 Å². The molecule has 0 heterocycles. The minimum Gasteiger partial charge on any atom is -0.466 e. The number of carbonyl (C=O) groups excluding carboxylic acids is 1. The maximum absolute atomic E-state index is 11.8. The largest absolute Gasteiger partial charge is 0.573 e. The number of rotatable bonds is 3. The number of hydrogen-bond donors (Lipinski definition) is 0. The van der Waals surface area contributed by atoms with Gasteiger partial charge in [0, 0.05) is 6.08 Å². The molecule has 0 unspecified atom stereocenters. The van der Waals surface area contributed by atoms with Gasteiger partial charge in [-0.15, -0.1) is 13.2 Å². The summed E-state index contributed by atoms with van der Waals surface area (Å²) in [5, 5.41) is 0. The van der Waals surface area contributed by atoms with Crippen LogP contribution in [-0.4, -0.2) is 19.4 Å². The first-order valence-corrected chi connectivity index (χ1v) is 4.52. The standard InChI is InChI=1S/C11H9F3O3/c1-16-10(15)7-4-8-2-5-9(6-3-8)17-11(12,13)14/h2-7H,1H3/b7-4+. The number of alkyl halides is 3. The zero-order valence-corrected chi connectivity index (χ0v) is 8.82. The van der Waals surface area contributed by atoms with E-state index in [4.69, 9.17) is 0 Å². The number of methoxy groups -OCH3 is 1. The molecule has 17 heavy (non-hydrogen) atoms. The molecule has 0 fully saturated rings. The lowest BCUT2D eigenvalue weighted by Crippen LogP contribution is -2.16. The molecule has 0 saturated heterocycles. The fourth-order valence-corrected chi connectivity index (χ4v) is 1.01. The molecule has 0 aliphatic carbocycles. The Labute approximate surface area is 95.5 Å². The number of ether oxygens (including phenoxy) is 2. The Morgan fingerprint density at radius 3 is 2.29 bits per heavy atom. The number of esters is 1. The second kappa shape index (κ2) is 5.38. The third-order valence-electron chi connectivity index (χ3n) is 1.73. The van der Waals surface area contributed by atoms with Crippen molar-refractivity contribution in [3.05, 3.63) is 35.9 Å². The van der Waals surface area contributed by atoms with Crippen LogP contribution in [0.3, 0.4) is 0 Å². The molecule has 92 valence electrons. The van der Waals surface area contributed by atoms with Crippen LogP contribution in [0.15, 0.2) is 30.3 Å². The van der Waals surface area contributed by atoms with Crippen LogP contribution in [0.2, 0.25) is 0 Å². The van der Waals surface area contributed by atoms with Crippen molar-refractivity contribution in [3.63, 3.8) is 0 Å². The summed E-state index contributed by atoms with van der Waals surface area (Å²) in [5.41, 5.74) is 0.560. The Kier molecular flexibility index (Phi) is 4.14. The van der Waals surface area contributed by atoms with Gasteiger partial charge >= 0.3 is 12.3 Å². The molecule has 0 amide bonds. The quantitative estimate of drug-likeness (QED) is 0.607. The SMILES string of the molecule is COC(=O)/C=C/c1ccc(OC(F)(F)F)cc1. The van der Waals surface area contributed by atoms with Crippen molar-refractivity contribution in [2.24, 2.45) is 0 Å². The van der Waals surface area contributed by atoms with Gasteiger partial charge in [-0.25, -0.2) is 4.79 Å². The highest BCUT2D eigenvalue weighted by Crippen LogP contribution is 2.22. The molecule has 3 nitrogen and oxygen atoms in total. The molecule has 0 aliphatic rings. The maximum atomic E-state index is 11.8. The van der Waals surface area contributed by atoms with Crippen LogP contribution in [0.1, 0.15) is 5.56 Å². The summed E-state index contributed by atoms with van der Waals surface area (Å²) < 4.78 is 43.6. The van der Waals surface area contributed by atoms with Gasteiger partial charge in [0.2, 0.25) is 0 Å². The first-order valence-electron chi connectivity index (χ1n) is 4.52. The number of benzene rings is 1. The molecule has 1 rings (SSSR count). The van der Waals surface area contributed by atoms with Crippen molar-refractivity contribution in [2.45, 2.75) is 6.36 Å². The molecule has 0 aliphatic heterocycles. The molecule has 0 atom stereocenters. The van der Waals surface area contributed by atoms with E-state index in [0.717, 1.165) is 12.1 Å². The summed E-state index contributed by atoms with van der Waals surface area (Å²) in [4.78, 5) is 10.8. The zero-order chi connectivity index (χ0) is 12.9. The highest BCUT2D eigenvalue weighted by Gasteiger charge is 2.30. The number of carbonyl (C=O) groups is 1. The Morgan fingerprint density at radius 1 is 1.24 bits per heavy atom. The Balaban J connectivity index is 2.68. The molecule has 1 aromatic rings. The molecule has 0 radical (unpaired) electrons. The third kappa shape index (κ3) is 5.05. The molecule has 1 aromatic carbocycles. The molecule has 0 saturated carbocycles. The number of halogens is 3. The van der Waals surface area contributed by atoms with Crippen LogP contribution in [0, 0.1) is 0 Å². The maximum Gasteiger partial charge on any atom is 0.573 e. The third-order valence-corrected chi connectivity index (χ3v) is 1.73. The van der Waals surface area contributed by atoms with E-state index < -0.39 is 12.3 Å². The topological polar surface area (TPSA) is 35.5 Å². The van der Waals surface area contributed by atoms with Crippen molar-refractivity contribution < 1.29 is 27.4 Å². The summed E-state index contributed by atoms with van der Waals surface area (Å²) in [6.45, 7) is 0. The Morgan fingerprint density at radius 2 is 1.82 bits per heavy atom. The van der Waals surface area contributed by atoms with E-state index in [1.165, 1.54) is 31.4 Å². The van der Waals surface area contributed by atoms with Gasteiger partial charge in [-0.1, -0.05) is 12.1 Å². The smallest absolute Gasteiger partial charge is 0.466 e. The van der Waals surface area contributed by atoms with Crippen LogP contribution in [0.5, 0.6) is 5.75 Å². The summed E-state index contributed by atoms with van der Waals surface area (Å²) >= 11 is 0. The monoisotopic (exact) mass is 246 g/mol. The second-order valence-electron chi connectivity index (χ2n) is 2.97. The minimum atomic E-state index is -4.70. The van der Waals surface area contributed by atoms with E-state index in [2.05, 4.69) is 9.47 Å². The second-order valence-corrected chi connectivity index (χ2v) is 2.97. The molecule has 6 heteroatoms. The zero-order valence-electron chi connectivity index (χ0n) is 8.82. The van der Waals surface area contributed by atoms with E-state index in [9.17, 15) is 18.0 Å². The van der Waals surface area contributed by atoms with Gasteiger partial charge in [-0.05, 0) is 23.8 Å². The van der Waals surface area contributed by atoms with E-state index in [1.54, 1.807) is 0 Å².